The number of rotatable bonds is 10. The highest BCUT2D eigenvalue weighted by Gasteiger charge is 2.30. The Labute approximate surface area is 245 Å². The molecule has 0 spiro atoms. The van der Waals surface area contributed by atoms with Gasteiger partial charge in [-0.25, -0.2) is 24.0 Å². The van der Waals surface area contributed by atoms with Crippen LogP contribution in [0, 0.1) is 0 Å². The van der Waals surface area contributed by atoms with Crippen molar-refractivity contribution >= 4 is 31.2 Å². The molecule has 220 valence electrons. The molecule has 5 rings (SSSR count). The van der Waals surface area contributed by atoms with E-state index in [0.717, 1.165) is 57.0 Å². The molecule has 1 aliphatic rings. The molecule has 0 bridgehead atoms. The van der Waals surface area contributed by atoms with Gasteiger partial charge in [0, 0.05) is 50.4 Å². The summed E-state index contributed by atoms with van der Waals surface area (Å²) in [5.74, 6) is 0.786. The number of aryl methyl sites for hydroxylation is 1. The molecule has 0 aliphatic heterocycles. The number of ether oxygens (including phenoxy) is 3. The smallest absolute Gasteiger partial charge is 0.407 e. The quantitative estimate of drug-likeness (QED) is 0.191. The predicted molar refractivity (Wildman–Crippen MR) is 161 cm³/mol. The molecule has 13 heteroatoms. The number of thiazole rings is 1. The zero-order valence-corrected chi connectivity index (χ0v) is 26.7. The van der Waals surface area contributed by atoms with Crippen molar-refractivity contribution in [1.82, 2.24) is 34.7 Å². The van der Waals surface area contributed by atoms with E-state index in [1.165, 1.54) is 6.33 Å². The lowest BCUT2D eigenvalue weighted by Crippen LogP contribution is -2.29. The van der Waals surface area contributed by atoms with Crippen molar-refractivity contribution in [2.24, 2.45) is 0 Å². The van der Waals surface area contributed by atoms with Crippen LogP contribution in [-0.4, -0.2) is 70.4 Å². The summed E-state index contributed by atoms with van der Waals surface area (Å²) >= 11 is 1.63. The second-order valence-electron chi connectivity index (χ2n) is 11.8. The highest BCUT2D eigenvalue weighted by molar-refractivity contribution is 7.15. The van der Waals surface area contributed by atoms with E-state index in [1.54, 1.807) is 30.0 Å². The number of nitrogens with one attached hydrogen (secondary N) is 1. The van der Waals surface area contributed by atoms with Gasteiger partial charge in [0.1, 0.15) is 29.9 Å². The van der Waals surface area contributed by atoms with Gasteiger partial charge in [-0.05, 0) is 30.9 Å². The van der Waals surface area contributed by atoms with E-state index in [1.807, 2.05) is 16.9 Å². The Kier molecular flexibility index (Phi) is 8.48. The van der Waals surface area contributed by atoms with E-state index < -0.39 is 14.2 Å². The normalized spacial score (nSPS) is 15.4. The van der Waals surface area contributed by atoms with Gasteiger partial charge in [-0.1, -0.05) is 33.5 Å². The maximum Gasteiger partial charge on any atom is 0.407 e. The zero-order valence-electron chi connectivity index (χ0n) is 24.9. The fourth-order valence-electron chi connectivity index (χ4n) is 5.04. The minimum atomic E-state index is -1.24. The zero-order chi connectivity index (χ0) is 29.3. The molecule has 0 saturated carbocycles. The molecular weight excluding hydrogens is 559 g/mol. The molecule has 4 aromatic rings. The number of amides is 1. The first-order chi connectivity index (χ1) is 19.6. The van der Waals surface area contributed by atoms with Gasteiger partial charge in [0.05, 0.1) is 18.5 Å². The van der Waals surface area contributed by atoms with Crippen LogP contribution in [0.1, 0.15) is 42.3 Å². The Morgan fingerprint density at radius 1 is 1.29 bits per heavy atom. The number of carbonyl (C=O) groups is 1. The summed E-state index contributed by atoms with van der Waals surface area (Å²) in [5.41, 5.74) is 5.52. The standard InChI is InChI=1S/C28H39N7O4SSi/c1-17(2)23-24(27-32-20-9-8-19(13-22(20)40-27)39-28(36)29-3)33-35(16-38-10-11-41(5,6)7)25(23)18-12-21(37-4)26-30-15-31-34(26)14-18/h12,14-15,17,19H,8-11,13,16H2,1-7H3,(H,29,36). The SMILES string of the molecule is CNC(=O)OC1CCc2nc(-c3nn(COCC[Si](C)(C)C)c(-c4cc(OC)c5ncnn5c4)c3C(C)C)sc2C1. The van der Waals surface area contributed by atoms with Crippen LogP contribution < -0.4 is 10.1 Å². The summed E-state index contributed by atoms with van der Waals surface area (Å²) in [5, 5.41) is 12.9. The van der Waals surface area contributed by atoms with E-state index in [0.29, 0.717) is 31.2 Å². The number of hydrogen-bond acceptors (Lipinski definition) is 9. The number of methoxy groups -OCH3 is 1. The lowest BCUT2D eigenvalue weighted by molar-refractivity contribution is 0.0799. The van der Waals surface area contributed by atoms with Crippen molar-refractivity contribution in [3.8, 4) is 27.7 Å². The summed E-state index contributed by atoms with van der Waals surface area (Å²) in [4.78, 5) is 22.3. The first-order valence-electron chi connectivity index (χ1n) is 14.0. The second kappa shape index (κ2) is 11.9. The van der Waals surface area contributed by atoms with Crippen molar-refractivity contribution in [2.45, 2.75) is 77.5 Å². The van der Waals surface area contributed by atoms with E-state index in [-0.39, 0.29) is 12.0 Å². The van der Waals surface area contributed by atoms with E-state index in [9.17, 15) is 4.79 Å². The molecule has 0 aromatic carbocycles. The average molecular weight is 598 g/mol. The van der Waals surface area contributed by atoms with E-state index in [4.69, 9.17) is 24.3 Å². The number of hydrogen-bond donors (Lipinski definition) is 1. The minimum Gasteiger partial charge on any atom is -0.493 e. The van der Waals surface area contributed by atoms with Crippen LogP contribution in [0.15, 0.2) is 18.6 Å². The number of nitrogens with zero attached hydrogens (tertiary/aromatic N) is 6. The summed E-state index contributed by atoms with van der Waals surface area (Å²) in [6.07, 6.45) is 5.10. The summed E-state index contributed by atoms with van der Waals surface area (Å²) in [6.45, 7) is 12.4. The Bertz CT molecular complexity index is 1540. The molecule has 1 amide bonds. The number of aromatic nitrogens is 6. The van der Waals surface area contributed by atoms with Gasteiger partial charge in [-0.15, -0.1) is 11.3 Å². The van der Waals surface area contributed by atoms with Gasteiger partial charge >= 0.3 is 6.09 Å². The lowest BCUT2D eigenvalue weighted by Gasteiger charge is -2.20. The van der Waals surface area contributed by atoms with E-state index >= 15 is 0 Å². The molecule has 4 aromatic heterocycles. The number of fused-ring (bicyclic) bond motifs is 2. The van der Waals surface area contributed by atoms with Crippen molar-refractivity contribution in [2.75, 3.05) is 20.8 Å². The van der Waals surface area contributed by atoms with Gasteiger partial charge in [0.15, 0.2) is 11.4 Å². The van der Waals surface area contributed by atoms with Crippen LogP contribution in [0.3, 0.4) is 0 Å². The average Bonchev–Trinajstić information content (AvgIpc) is 3.66. The van der Waals surface area contributed by atoms with Crippen molar-refractivity contribution in [3.63, 3.8) is 0 Å². The molecule has 0 fully saturated rings. The first-order valence-corrected chi connectivity index (χ1v) is 18.5. The fourth-order valence-corrected chi connectivity index (χ4v) is 6.97. The third-order valence-electron chi connectivity index (χ3n) is 7.19. The van der Waals surface area contributed by atoms with Crippen LogP contribution in [0.4, 0.5) is 4.79 Å². The Morgan fingerprint density at radius 2 is 2.10 bits per heavy atom. The van der Waals surface area contributed by atoms with Gasteiger partial charge in [-0.3, -0.25) is 0 Å². The third-order valence-corrected chi connectivity index (χ3v) is 10.0. The van der Waals surface area contributed by atoms with Gasteiger partial charge in [0.25, 0.3) is 0 Å². The monoisotopic (exact) mass is 597 g/mol. The molecule has 41 heavy (non-hydrogen) atoms. The summed E-state index contributed by atoms with van der Waals surface area (Å²) < 4.78 is 21.1. The van der Waals surface area contributed by atoms with Crippen LogP contribution >= 0.6 is 11.3 Å². The molecule has 1 atom stereocenters. The van der Waals surface area contributed by atoms with Gasteiger partial charge in [-0.2, -0.15) is 10.2 Å². The molecule has 1 aliphatic carbocycles. The molecule has 4 heterocycles. The van der Waals surface area contributed by atoms with Crippen LogP contribution in [-0.2, 0) is 29.0 Å². The summed E-state index contributed by atoms with van der Waals surface area (Å²) in [7, 11) is 1.97. The Balaban J connectivity index is 1.57. The van der Waals surface area contributed by atoms with Crippen molar-refractivity contribution in [3.05, 3.63) is 34.7 Å². The van der Waals surface area contributed by atoms with Crippen LogP contribution in [0.2, 0.25) is 25.7 Å². The number of carbonyl (C=O) groups excluding carboxylic acids is 1. The van der Waals surface area contributed by atoms with Crippen molar-refractivity contribution in [1.29, 1.82) is 0 Å². The molecule has 0 saturated heterocycles. The van der Waals surface area contributed by atoms with Gasteiger partial charge in [0.2, 0.25) is 0 Å². The van der Waals surface area contributed by atoms with Gasteiger partial charge < -0.3 is 19.5 Å². The topological polar surface area (TPSA) is 118 Å². The Hall–Kier alpha value is -3.29. The molecule has 11 nitrogen and oxygen atoms in total. The van der Waals surface area contributed by atoms with Crippen LogP contribution in [0.5, 0.6) is 5.75 Å². The van der Waals surface area contributed by atoms with Crippen molar-refractivity contribution < 1.29 is 19.0 Å². The number of pyridine rings is 1. The highest BCUT2D eigenvalue weighted by Crippen LogP contribution is 2.41. The third kappa shape index (κ3) is 6.31. The fraction of sp³-hybridized carbons (Fsp3) is 0.536. The van der Waals surface area contributed by atoms with Crippen LogP contribution in [0.25, 0.3) is 27.6 Å². The second-order valence-corrected chi connectivity index (χ2v) is 18.6. The predicted octanol–water partition coefficient (Wildman–Crippen LogP) is 5.37. The first kappa shape index (κ1) is 29.2. The molecular formula is C28H39N7O4SSi. The lowest BCUT2D eigenvalue weighted by atomic mass is 9.97. The highest BCUT2D eigenvalue weighted by atomic mass is 32.1. The molecule has 1 unspecified atom stereocenters. The number of alkyl carbamates (subject to hydrolysis) is 1. The van der Waals surface area contributed by atoms with E-state index in [2.05, 4.69) is 48.9 Å². The largest absolute Gasteiger partial charge is 0.493 e. The minimum absolute atomic E-state index is 0.151. The molecule has 1 N–H and O–H groups in total. The maximum absolute atomic E-state index is 11.8. The summed E-state index contributed by atoms with van der Waals surface area (Å²) in [6, 6.07) is 3.06. The Morgan fingerprint density at radius 3 is 2.80 bits per heavy atom. The molecule has 0 radical (unpaired) electrons. The maximum atomic E-state index is 11.8.